The molecule has 10 heteroatoms. The van der Waals surface area contributed by atoms with Crippen molar-refractivity contribution in [2.24, 2.45) is 5.92 Å². The van der Waals surface area contributed by atoms with E-state index in [4.69, 9.17) is 4.74 Å². The van der Waals surface area contributed by atoms with E-state index >= 15 is 0 Å². The summed E-state index contributed by atoms with van der Waals surface area (Å²) in [7, 11) is 1.40. The molecule has 0 aliphatic rings. The second-order valence-corrected chi connectivity index (χ2v) is 9.57. The average Bonchev–Trinajstić information content (AvgIpc) is 3.28. The van der Waals surface area contributed by atoms with Crippen molar-refractivity contribution in [1.29, 1.82) is 0 Å². The van der Waals surface area contributed by atoms with Gasteiger partial charge in [-0.25, -0.2) is 18.6 Å². The minimum atomic E-state index is -1.11. The van der Waals surface area contributed by atoms with Crippen LogP contribution in [0.25, 0.3) is 21.3 Å². The summed E-state index contributed by atoms with van der Waals surface area (Å²) in [5.41, 5.74) is 2.14. The van der Waals surface area contributed by atoms with Gasteiger partial charge in [-0.3, -0.25) is 4.79 Å². The minimum Gasteiger partial charge on any atom is -0.496 e. The van der Waals surface area contributed by atoms with Crippen molar-refractivity contribution in [3.05, 3.63) is 71.8 Å². The smallest absolute Gasteiger partial charge is 0.326 e. The molecule has 0 fully saturated rings. The second-order valence-electron chi connectivity index (χ2n) is 8.54. The summed E-state index contributed by atoms with van der Waals surface area (Å²) in [5.74, 6) is -2.60. The van der Waals surface area contributed by atoms with Gasteiger partial charge in [-0.15, -0.1) is 0 Å². The zero-order valence-electron chi connectivity index (χ0n) is 20.3. The first-order valence-electron chi connectivity index (χ1n) is 11.5. The lowest BCUT2D eigenvalue weighted by Crippen LogP contribution is -2.45. The number of carbonyl (C=O) groups excluding carboxylic acids is 1. The van der Waals surface area contributed by atoms with Crippen LogP contribution < -0.4 is 15.4 Å². The predicted molar refractivity (Wildman–Crippen MR) is 140 cm³/mol. The van der Waals surface area contributed by atoms with E-state index in [1.165, 1.54) is 42.7 Å². The van der Waals surface area contributed by atoms with E-state index in [9.17, 15) is 23.5 Å². The molecule has 37 heavy (non-hydrogen) atoms. The maximum Gasteiger partial charge on any atom is 0.326 e. The molecule has 0 spiro atoms. The van der Waals surface area contributed by atoms with Crippen molar-refractivity contribution >= 4 is 44.2 Å². The number of hydrogen-bond donors (Lipinski definition) is 3. The molecule has 0 aliphatic heterocycles. The van der Waals surface area contributed by atoms with Gasteiger partial charge in [0.15, 0.2) is 5.13 Å². The molecule has 1 aromatic heterocycles. The molecule has 4 aromatic rings. The van der Waals surface area contributed by atoms with Crippen LogP contribution >= 0.6 is 11.3 Å². The molecule has 7 nitrogen and oxygen atoms in total. The van der Waals surface area contributed by atoms with Gasteiger partial charge in [0.05, 0.1) is 28.6 Å². The zero-order valence-corrected chi connectivity index (χ0v) is 21.2. The number of methoxy groups -OCH3 is 1. The van der Waals surface area contributed by atoms with E-state index < -0.39 is 23.7 Å². The summed E-state index contributed by atoms with van der Waals surface area (Å²) < 4.78 is 34.4. The normalized spacial score (nSPS) is 12.7. The molecular formula is C27H25F2N3O4S. The zero-order chi connectivity index (χ0) is 26.7. The van der Waals surface area contributed by atoms with Gasteiger partial charge in [-0.2, -0.15) is 0 Å². The quantitative estimate of drug-likeness (QED) is 0.240. The highest BCUT2D eigenvalue weighted by Crippen LogP contribution is 2.33. The largest absolute Gasteiger partial charge is 0.496 e. The number of nitrogens with one attached hydrogen (secondary N) is 2. The molecule has 0 saturated carbocycles. The second kappa shape index (κ2) is 10.9. The summed E-state index contributed by atoms with van der Waals surface area (Å²) in [6.45, 7) is 3.60. The lowest BCUT2D eigenvalue weighted by atomic mass is 9.98. The van der Waals surface area contributed by atoms with E-state index in [-0.39, 0.29) is 28.7 Å². The van der Waals surface area contributed by atoms with E-state index in [0.717, 1.165) is 0 Å². The molecule has 2 atom stereocenters. The van der Waals surface area contributed by atoms with Crippen molar-refractivity contribution in [2.45, 2.75) is 26.3 Å². The van der Waals surface area contributed by atoms with E-state index in [2.05, 4.69) is 15.6 Å². The molecule has 0 aliphatic carbocycles. The van der Waals surface area contributed by atoms with Crippen LogP contribution in [0.15, 0.2) is 54.6 Å². The maximum absolute atomic E-state index is 15.0. The Hall–Kier alpha value is -4.05. The molecule has 192 valence electrons. The molecule has 4 rings (SSSR count). The number of rotatable bonds is 9. The number of aliphatic carboxylic acids is 1. The number of carboxylic acids is 1. The molecule has 1 unspecified atom stereocenters. The molecule has 0 saturated heterocycles. The molecule has 3 N–H and O–H groups in total. The van der Waals surface area contributed by atoms with Crippen LogP contribution in [0, 0.1) is 17.6 Å². The van der Waals surface area contributed by atoms with E-state index in [1.807, 2.05) is 6.92 Å². The number of ether oxygens (including phenoxy) is 1. The van der Waals surface area contributed by atoms with Crippen molar-refractivity contribution < 1.29 is 28.2 Å². The summed E-state index contributed by atoms with van der Waals surface area (Å²) in [4.78, 5) is 28.8. The minimum absolute atomic E-state index is 0.173. The number of nitrogens with zero attached hydrogens (tertiary/aromatic N) is 1. The van der Waals surface area contributed by atoms with Crippen molar-refractivity contribution in [1.82, 2.24) is 10.3 Å². The van der Waals surface area contributed by atoms with Gasteiger partial charge in [-0.1, -0.05) is 43.7 Å². The lowest BCUT2D eigenvalue weighted by Gasteiger charge is -2.21. The predicted octanol–water partition coefficient (Wildman–Crippen LogP) is 6.22. The molecule has 0 bridgehead atoms. The SMILES string of the molecule is CCC(C)[C@H](NC(=O)c1ccc(-c2ccc(Nc3nc4ccc(F)cc4s3)c(F)c2)cc1OC)C(=O)O. The van der Waals surface area contributed by atoms with Gasteiger partial charge in [0, 0.05) is 0 Å². The van der Waals surface area contributed by atoms with Crippen LogP contribution in [0.2, 0.25) is 0 Å². The third-order valence-electron chi connectivity index (χ3n) is 6.11. The fourth-order valence-electron chi connectivity index (χ4n) is 3.82. The van der Waals surface area contributed by atoms with E-state index in [0.29, 0.717) is 32.9 Å². The number of fused-ring (bicyclic) bond motifs is 1. The summed E-state index contributed by atoms with van der Waals surface area (Å²) in [6.07, 6.45) is 0.585. The topological polar surface area (TPSA) is 101 Å². The Bertz CT molecular complexity index is 1470. The van der Waals surface area contributed by atoms with Crippen molar-refractivity contribution in [3.63, 3.8) is 0 Å². The Labute approximate surface area is 216 Å². The maximum atomic E-state index is 15.0. The Morgan fingerprint density at radius 2 is 1.81 bits per heavy atom. The van der Waals surface area contributed by atoms with Gasteiger partial charge in [0.1, 0.15) is 23.4 Å². The van der Waals surface area contributed by atoms with Gasteiger partial charge >= 0.3 is 5.97 Å². The molecule has 1 amide bonds. The number of amides is 1. The third kappa shape index (κ3) is 5.69. The lowest BCUT2D eigenvalue weighted by molar-refractivity contribution is -0.140. The van der Waals surface area contributed by atoms with Crippen molar-refractivity contribution in [3.8, 4) is 16.9 Å². The van der Waals surface area contributed by atoms with Gasteiger partial charge in [-0.05, 0) is 59.5 Å². The monoisotopic (exact) mass is 525 g/mol. The number of halogens is 2. The average molecular weight is 526 g/mol. The highest BCUT2D eigenvalue weighted by atomic mass is 32.1. The first kappa shape index (κ1) is 26.0. The van der Waals surface area contributed by atoms with Crippen molar-refractivity contribution in [2.75, 3.05) is 12.4 Å². The number of carboxylic acid groups (broad SMARTS) is 1. The highest BCUT2D eigenvalue weighted by molar-refractivity contribution is 7.22. The van der Waals surface area contributed by atoms with Gasteiger partial charge in [0.2, 0.25) is 0 Å². The number of anilines is 2. The number of aromatic nitrogens is 1. The fourth-order valence-corrected chi connectivity index (χ4v) is 4.73. The molecule has 0 radical (unpaired) electrons. The van der Waals surface area contributed by atoms with Crippen LogP contribution in [-0.4, -0.2) is 35.1 Å². The number of benzene rings is 3. The van der Waals surface area contributed by atoms with Gasteiger partial charge in [0.25, 0.3) is 5.91 Å². The highest BCUT2D eigenvalue weighted by Gasteiger charge is 2.27. The van der Waals surface area contributed by atoms with Crippen LogP contribution in [-0.2, 0) is 4.79 Å². The molecule has 3 aromatic carbocycles. The van der Waals surface area contributed by atoms with E-state index in [1.54, 1.807) is 37.3 Å². The van der Waals surface area contributed by atoms with Crippen LogP contribution in [0.4, 0.5) is 19.6 Å². The first-order chi connectivity index (χ1) is 17.7. The van der Waals surface area contributed by atoms with Crippen LogP contribution in [0.3, 0.4) is 0 Å². The van der Waals surface area contributed by atoms with Crippen LogP contribution in [0.5, 0.6) is 5.75 Å². The first-order valence-corrected chi connectivity index (χ1v) is 12.4. The van der Waals surface area contributed by atoms with Crippen LogP contribution in [0.1, 0.15) is 30.6 Å². The number of carbonyl (C=O) groups is 2. The number of hydrogen-bond acceptors (Lipinski definition) is 6. The summed E-state index contributed by atoms with van der Waals surface area (Å²) >= 11 is 1.21. The number of thiazole rings is 1. The molecular weight excluding hydrogens is 500 g/mol. The third-order valence-corrected chi connectivity index (χ3v) is 7.04. The molecule has 1 heterocycles. The van der Waals surface area contributed by atoms with Gasteiger partial charge < -0.3 is 20.5 Å². The standard InChI is InChI=1S/C27H25F2N3O4S/c1-4-14(2)24(26(34)35)32-25(33)18-8-5-16(12-22(18)36-3)15-6-9-20(19(29)11-15)30-27-31-21-10-7-17(28)13-23(21)37-27/h5-14,24H,4H2,1-3H3,(H,30,31)(H,32,33)(H,34,35)/t14?,24-/m0/s1. The summed E-state index contributed by atoms with van der Waals surface area (Å²) in [6, 6.07) is 12.6. The Kier molecular flexibility index (Phi) is 7.68. The fraction of sp³-hybridized carbons (Fsp3) is 0.222. The Morgan fingerprint density at radius 3 is 2.49 bits per heavy atom. The Morgan fingerprint density at radius 1 is 1.08 bits per heavy atom. The Balaban J connectivity index is 1.55. The summed E-state index contributed by atoms with van der Waals surface area (Å²) in [5, 5.41) is 15.4.